The van der Waals surface area contributed by atoms with E-state index < -0.39 is 0 Å². The molecule has 0 unspecified atom stereocenters. The van der Waals surface area contributed by atoms with Gasteiger partial charge in [0.15, 0.2) is 5.15 Å². The minimum Gasteiger partial charge on any atom is -0.352 e. The molecule has 0 atom stereocenters. The highest BCUT2D eigenvalue weighted by Gasteiger charge is 2.15. The third-order valence-electron chi connectivity index (χ3n) is 3.47. The Morgan fingerprint density at radius 2 is 1.68 bits per heavy atom. The van der Waals surface area contributed by atoms with E-state index in [0.717, 1.165) is 11.3 Å². The SMILES string of the molecule is O=C(NCCc1ccccc1)c1cc(Cl)nnc1Sc1ccccc1. The number of carbonyl (C=O) groups is 1. The van der Waals surface area contributed by atoms with Gasteiger partial charge in [0.25, 0.3) is 5.91 Å². The van der Waals surface area contributed by atoms with Crippen LogP contribution in [0.5, 0.6) is 0 Å². The number of nitrogens with zero attached hydrogens (tertiary/aromatic N) is 2. The summed E-state index contributed by atoms with van der Waals surface area (Å²) in [4.78, 5) is 13.5. The minimum absolute atomic E-state index is 0.200. The summed E-state index contributed by atoms with van der Waals surface area (Å²) in [5.74, 6) is -0.203. The standard InChI is InChI=1S/C19H16ClN3OS/c20-17-13-16(18(24)21-12-11-14-7-3-1-4-8-14)19(23-22-17)25-15-9-5-2-6-10-15/h1-10,13H,11-12H2,(H,21,24). The van der Waals surface area contributed by atoms with Crippen molar-refractivity contribution in [2.24, 2.45) is 0 Å². The lowest BCUT2D eigenvalue weighted by molar-refractivity contribution is 0.0950. The van der Waals surface area contributed by atoms with E-state index >= 15 is 0 Å². The van der Waals surface area contributed by atoms with Crippen LogP contribution in [0.4, 0.5) is 0 Å². The number of halogens is 1. The molecule has 0 aliphatic rings. The Hall–Kier alpha value is -2.37. The van der Waals surface area contributed by atoms with E-state index in [1.165, 1.54) is 17.3 Å². The first-order valence-electron chi connectivity index (χ1n) is 7.80. The molecule has 0 fully saturated rings. The third kappa shape index (κ3) is 5.05. The second-order valence-corrected chi connectivity index (χ2v) is 6.74. The highest BCUT2D eigenvalue weighted by Crippen LogP contribution is 2.29. The molecule has 1 aromatic heterocycles. The molecule has 3 aromatic rings. The van der Waals surface area contributed by atoms with Gasteiger partial charge in [-0.2, -0.15) is 0 Å². The zero-order valence-corrected chi connectivity index (χ0v) is 14.9. The van der Waals surface area contributed by atoms with Crippen molar-refractivity contribution < 1.29 is 4.79 Å². The molecule has 0 aliphatic heterocycles. The molecule has 126 valence electrons. The van der Waals surface area contributed by atoms with Crippen molar-refractivity contribution in [3.05, 3.63) is 83.0 Å². The van der Waals surface area contributed by atoms with Crippen molar-refractivity contribution in [1.29, 1.82) is 0 Å². The van der Waals surface area contributed by atoms with Gasteiger partial charge in [0.2, 0.25) is 0 Å². The molecule has 2 aromatic carbocycles. The monoisotopic (exact) mass is 369 g/mol. The molecular formula is C19H16ClN3OS. The number of hydrogen-bond acceptors (Lipinski definition) is 4. The number of hydrogen-bond donors (Lipinski definition) is 1. The lowest BCUT2D eigenvalue weighted by Gasteiger charge is -2.09. The maximum absolute atomic E-state index is 12.5. The van der Waals surface area contributed by atoms with Gasteiger partial charge < -0.3 is 5.32 Å². The van der Waals surface area contributed by atoms with Crippen molar-refractivity contribution in [3.8, 4) is 0 Å². The van der Waals surface area contributed by atoms with Crippen molar-refractivity contribution in [1.82, 2.24) is 15.5 Å². The summed E-state index contributed by atoms with van der Waals surface area (Å²) >= 11 is 7.32. The van der Waals surface area contributed by atoms with E-state index in [4.69, 9.17) is 11.6 Å². The Morgan fingerprint density at radius 3 is 2.40 bits per heavy atom. The van der Waals surface area contributed by atoms with Crippen LogP contribution < -0.4 is 5.32 Å². The summed E-state index contributed by atoms with van der Waals surface area (Å²) in [5.41, 5.74) is 1.61. The summed E-state index contributed by atoms with van der Waals surface area (Å²) in [7, 11) is 0. The molecule has 6 heteroatoms. The van der Waals surface area contributed by atoms with E-state index in [9.17, 15) is 4.79 Å². The molecule has 0 saturated carbocycles. The van der Waals surface area contributed by atoms with Gasteiger partial charge in [0.1, 0.15) is 5.03 Å². The van der Waals surface area contributed by atoms with Gasteiger partial charge >= 0.3 is 0 Å². The summed E-state index contributed by atoms with van der Waals surface area (Å²) in [6.45, 7) is 0.540. The first-order chi connectivity index (χ1) is 12.2. The van der Waals surface area contributed by atoms with Crippen molar-refractivity contribution >= 4 is 29.3 Å². The summed E-state index contributed by atoms with van der Waals surface area (Å²) in [6.07, 6.45) is 0.764. The molecule has 0 spiro atoms. The highest BCUT2D eigenvalue weighted by molar-refractivity contribution is 7.99. The molecule has 0 radical (unpaired) electrons. The number of rotatable bonds is 6. The van der Waals surface area contributed by atoms with Crippen molar-refractivity contribution in [2.75, 3.05) is 6.54 Å². The van der Waals surface area contributed by atoms with Crippen LogP contribution in [-0.4, -0.2) is 22.6 Å². The summed E-state index contributed by atoms with van der Waals surface area (Å²) < 4.78 is 0. The molecule has 1 heterocycles. The minimum atomic E-state index is -0.203. The number of benzene rings is 2. The molecule has 25 heavy (non-hydrogen) atoms. The van der Waals surface area contributed by atoms with E-state index in [1.54, 1.807) is 6.07 Å². The molecule has 3 rings (SSSR count). The Balaban J connectivity index is 1.69. The molecule has 1 amide bonds. The maximum Gasteiger partial charge on any atom is 0.254 e. The lowest BCUT2D eigenvalue weighted by Crippen LogP contribution is -2.26. The molecule has 0 saturated heterocycles. The average molecular weight is 370 g/mol. The van der Waals surface area contributed by atoms with Gasteiger partial charge in [-0.05, 0) is 30.2 Å². The van der Waals surface area contributed by atoms with Gasteiger partial charge in [-0.25, -0.2) is 0 Å². The van der Waals surface area contributed by atoms with E-state index in [2.05, 4.69) is 15.5 Å². The van der Waals surface area contributed by atoms with Crippen LogP contribution in [0.2, 0.25) is 5.15 Å². The fourth-order valence-electron chi connectivity index (χ4n) is 2.26. The Labute approximate surface area is 155 Å². The number of nitrogens with one attached hydrogen (secondary N) is 1. The van der Waals surface area contributed by atoms with Crippen LogP contribution in [-0.2, 0) is 6.42 Å². The topological polar surface area (TPSA) is 54.9 Å². The van der Waals surface area contributed by atoms with Gasteiger partial charge in [0.05, 0.1) is 5.56 Å². The highest BCUT2D eigenvalue weighted by atomic mass is 35.5. The van der Waals surface area contributed by atoms with Crippen LogP contribution in [0, 0.1) is 0 Å². The third-order valence-corrected chi connectivity index (χ3v) is 4.66. The number of aromatic nitrogens is 2. The number of amides is 1. The van der Waals surface area contributed by atoms with Crippen molar-refractivity contribution in [3.63, 3.8) is 0 Å². The molecule has 0 bridgehead atoms. The van der Waals surface area contributed by atoms with Crippen LogP contribution in [0.3, 0.4) is 0 Å². The summed E-state index contributed by atoms with van der Waals surface area (Å²) in [6, 6.07) is 21.3. The van der Waals surface area contributed by atoms with Crippen LogP contribution in [0.25, 0.3) is 0 Å². The van der Waals surface area contributed by atoms with Crippen molar-refractivity contribution in [2.45, 2.75) is 16.3 Å². The zero-order chi connectivity index (χ0) is 17.5. The molecule has 0 aliphatic carbocycles. The van der Waals surface area contributed by atoms with Gasteiger partial charge in [-0.3, -0.25) is 4.79 Å². The normalized spacial score (nSPS) is 10.4. The van der Waals surface area contributed by atoms with Gasteiger partial charge in [0, 0.05) is 11.4 Å². The van der Waals surface area contributed by atoms with Gasteiger partial charge in [-0.15, -0.1) is 10.2 Å². The van der Waals surface area contributed by atoms with Crippen LogP contribution in [0.1, 0.15) is 15.9 Å². The lowest BCUT2D eigenvalue weighted by atomic mass is 10.1. The smallest absolute Gasteiger partial charge is 0.254 e. The largest absolute Gasteiger partial charge is 0.352 e. The van der Waals surface area contributed by atoms with Crippen LogP contribution in [0.15, 0.2) is 76.7 Å². The first-order valence-corrected chi connectivity index (χ1v) is 9.00. The number of carbonyl (C=O) groups excluding carboxylic acids is 1. The Kier molecular flexibility index (Phi) is 6.04. The summed E-state index contributed by atoms with van der Waals surface area (Å²) in [5, 5.41) is 11.6. The average Bonchev–Trinajstić information content (AvgIpc) is 2.65. The van der Waals surface area contributed by atoms with Crippen LogP contribution >= 0.6 is 23.4 Å². The Bertz CT molecular complexity index is 844. The first kappa shape index (κ1) is 17.5. The maximum atomic E-state index is 12.5. The fourth-order valence-corrected chi connectivity index (χ4v) is 3.26. The second-order valence-electron chi connectivity index (χ2n) is 5.29. The predicted octanol–water partition coefficient (Wildman–Crippen LogP) is 4.25. The van der Waals surface area contributed by atoms with Gasteiger partial charge in [-0.1, -0.05) is 71.9 Å². The van der Waals surface area contributed by atoms with E-state index in [1.807, 2.05) is 60.7 Å². The molecular weight excluding hydrogens is 354 g/mol. The molecule has 4 nitrogen and oxygen atoms in total. The second kappa shape index (κ2) is 8.65. The predicted molar refractivity (Wildman–Crippen MR) is 100 cm³/mol. The van der Waals surface area contributed by atoms with E-state index in [-0.39, 0.29) is 11.1 Å². The Morgan fingerprint density at radius 1 is 1.00 bits per heavy atom. The van der Waals surface area contributed by atoms with E-state index in [0.29, 0.717) is 17.1 Å². The quantitative estimate of drug-likeness (QED) is 0.705. The molecule has 1 N–H and O–H groups in total. The zero-order valence-electron chi connectivity index (χ0n) is 13.4. The fraction of sp³-hybridized carbons (Fsp3) is 0.105.